The van der Waals surface area contributed by atoms with Crippen LogP contribution >= 0.6 is 0 Å². The second kappa shape index (κ2) is 9.71. The van der Waals surface area contributed by atoms with Gasteiger partial charge < -0.3 is 23.8 Å². The van der Waals surface area contributed by atoms with Gasteiger partial charge in [-0.05, 0) is 41.8 Å². The van der Waals surface area contributed by atoms with Gasteiger partial charge in [0.15, 0.2) is 0 Å². The van der Waals surface area contributed by atoms with Crippen LogP contribution in [0.3, 0.4) is 0 Å². The van der Waals surface area contributed by atoms with E-state index >= 15 is 0 Å². The minimum Gasteiger partial charge on any atom is -0.432 e. The van der Waals surface area contributed by atoms with Crippen LogP contribution in [-0.4, -0.2) is 72.6 Å². The predicted octanol–water partition coefficient (Wildman–Crippen LogP) is 3.13. The lowest BCUT2D eigenvalue weighted by molar-refractivity contribution is -0.282. The smallest absolute Gasteiger partial charge is 0.422 e. The highest BCUT2D eigenvalue weighted by Crippen LogP contribution is 2.49. The Labute approximate surface area is 211 Å². The Morgan fingerprint density at radius 2 is 1.38 bits per heavy atom. The third-order valence-corrected chi connectivity index (χ3v) is 7.12. The third kappa shape index (κ3) is 4.53. The average Bonchev–Trinajstić information content (AvgIpc) is 3.30. The van der Waals surface area contributed by atoms with Crippen molar-refractivity contribution in [3.05, 3.63) is 71.3 Å². The molecule has 9 nitrogen and oxygen atoms in total. The van der Waals surface area contributed by atoms with Crippen LogP contribution in [-0.2, 0) is 28.5 Å². The summed E-state index contributed by atoms with van der Waals surface area (Å²) in [5.41, 5.74) is 0.237. The maximum atomic E-state index is 13.4. The third-order valence-electron chi connectivity index (χ3n) is 7.12. The molecule has 0 N–H and O–H groups in total. The van der Waals surface area contributed by atoms with Gasteiger partial charge in [0.2, 0.25) is 5.60 Å². The molecule has 0 unspecified atom stereocenters. The van der Waals surface area contributed by atoms with Crippen LogP contribution in [0.4, 0.5) is 13.6 Å². The van der Waals surface area contributed by atoms with Gasteiger partial charge >= 0.3 is 23.9 Å². The lowest BCUT2D eigenvalue weighted by atomic mass is 9.87. The molecule has 3 heterocycles. The number of carbonyl (C=O) groups excluding carboxylic acids is 3. The van der Waals surface area contributed by atoms with Crippen molar-refractivity contribution in [3.8, 4) is 0 Å². The molecule has 0 radical (unpaired) electrons. The van der Waals surface area contributed by atoms with Crippen molar-refractivity contribution < 1.29 is 42.1 Å². The van der Waals surface area contributed by atoms with E-state index in [0.717, 1.165) is 16.0 Å². The minimum absolute atomic E-state index is 0.304. The van der Waals surface area contributed by atoms with E-state index in [0.29, 0.717) is 45.5 Å². The van der Waals surface area contributed by atoms with Gasteiger partial charge in [-0.3, -0.25) is 0 Å². The van der Waals surface area contributed by atoms with Crippen LogP contribution in [0.5, 0.6) is 0 Å². The van der Waals surface area contributed by atoms with Gasteiger partial charge in [-0.2, -0.15) is 0 Å². The molecule has 5 rings (SSSR count). The molecular weight excluding hydrogens is 490 g/mol. The molecule has 3 fully saturated rings. The van der Waals surface area contributed by atoms with Crippen molar-refractivity contribution in [2.24, 2.45) is 0 Å². The molecule has 1 amide bonds. The van der Waals surface area contributed by atoms with Gasteiger partial charge in [-0.1, -0.05) is 24.3 Å². The summed E-state index contributed by atoms with van der Waals surface area (Å²) in [6.07, 6.45) is 0.0694. The van der Waals surface area contributed by atoms with Crippen molar-refractivity contribution in [1.29, 1.82) is 0 Å². The zero-order valence-corrected chi connectivity index (χ0v) is 20.2. The van der Waals surface area contributed by atoms with Crippen LogP contribution in [0.25, 0.3) is 0 Å². The maximum absolute atomic E-state index is 13.4. The Morgan fingerprint density at radius 1 is 0.865 bits per heavy atom. The molecule has 0 aliphatic carbocycles. The molecule has 0 aromatic heterocycles. The molecule has 2 spiro atoms. The fraction of sp³-hybridized carbons (Fsp3) is 0.423. The SMILES string of the molecule is CN1C(=O)OC2(CCN(CCCOC(c3ccc(F)cc3)c3ccc(F)cc3)CC2)C12OC(=O)C(=O)O2. The molecule has 3 saturated heterocycles. The number of likely N-dealkylation sites (N-methyl/N-ethyl adjacent to an activating group) is 1. The Morgan fingerprint density at radius 3 is 1.89 bits per heavy atom. The highest BCUT2D eigenvalue weighted by Gasteiger charge is 2.74. The lowest BCUT2D eigenvalue weighted by Crippen LogP contribution is -2.62. The Kier molecular flexibility index (Phi) is 6.59. The first-order valence-corrected chi connectivity index (χ1v) is 12.0. The van der Waals surface area contributed by atoms with Gasteiger partial charge in [0, 0.05) is 46.1 Å². The number of ether oxygens (including phenoxy) is 4. The summed E-state index contributed by atoms with van der Waals surface area (Å²) in [5.74, 6) is -4.90. The van der Waals surface area contributed by atoms with Crippen molar-refractivity contribution in [2.75, 3.05) is 33.3 Å². The number of hydrogen-bond donors (Lipinski definition) is 0. The zero-order valence-electron chi connectivity index (χ0n) is 20.2. The summed E-state index contributed by atoms with van der Waals surface area (Å²) >= 11 is 0. The molecule has 2 aromatic rings. The number of likely N-dealkylation sites (tertiary alicyclic amines) is 1. The number of rotatable bonds is 7. The van der Waals surface area contributed by atoms with E-state index in [1.54, 1.807) is 24.3 Å². The molecular formula is C26H26F2N2O7. The molecule has 0 atom stereocenters. The van der Waals surface area contributed by atoms with Gasteiger partial charge in [0.05, 0.1) is 0 Å². The lowest BCUT2D eigenvalue weighted by Gasteiger charge is -2.43. The second-order valence-corrected chi connectivity index (χ2v) is 9.33. The Bertz CT molecular complexity index is 1120. The summed E-state index contributed by atoms with van der Waals surface area (Å²) in [4.78, 5) is 39.1. The molecule has 0 saturated carbocycles. The van der Waals surface area contributed by atoms with Crippen LogP contribution in [0, 0.1) is 11.6 Å². The Hall–Kier alpha value is -3.57. The zero-order chi connectivity index (χ0) is 26.2. The first kappa shape index (κ1) is 25.1. The number of fused-ring (bicyclic) bond motifs is 1. The molecule has 3 aliphatic heterocycles. The van der Waals surface area contributed by atoms with E-state index in [4.69, 9.17) is 18.9 Å². The standard InChI is InChI=1S/C26H26F2N2O7/c1-29-24(33)37-25(26(29)35-22(31)23(32)36-26)11-14-30(15-12-25)13-2-16-34-21(17-3-7-19(27)8-4-17)18-5-9-20(28)10-6-18/h3-10,21H,2,11-16H2,1H3. The molecule has 2 aromatic carbocycles. The minimum atomic E-state index is -1.88. The van der Waals surface area contributed by atoms with Crippen LogP contribution in [0.2, 0.25) is 0 Å². The average molecular weight is 516 g/mol. The number of nitrogens with zero attached hydrogens (tertiary/aromatic N) is 2. The van der Waals surface area contributed by atoms with E-state index < -0.39 is 35.6 Å². The van der Waals surface area contributed by atoms with E-state index in [1.807, 2.05) is 0 Å². The summed E-state index contributed by atoms with van der Waals surface area (Å²) in [6, 6.07) is 12.0. The number of benzene rings is 2. The normalized spacial score (nSPS) is 20.5. The van der Waals surface area contributed by atoms with Crippen molar-refractivity contribution in [3.63, 3.8) is 0 Å². The highest BCUT2D eigenvalue weighted by molar-refractivity contribution is 6.31. The number of piperidine rings is 1. The molecule has 196 valence electrons. The summed E-state index contributed by atoms with van der Waals surface area (Å²) in [6.45, 7) is 2.08. The summed E-state index contributed by atoms with van der Waals surface area (Å²) < 4.78 is 49.1. The van der Waals surface area contributed by atoms with Crippen LogP contribution < -0.4 is 0 Å². The van der Waals surface area contributed by atoms with Crippen LogP contribution in [0.15, 0.2) is 48.5 Å². The van der Waals surface area contributed by atoms with Gasteiger partial charge in [0.25, 0.3) is 0 Å². The fourth-order valence-electron chi connectivity index (χ4n) is 5.11. The topological polar surface area (TPSA) is 94.6 Å². The predicted molar refractivity (Wildman–Crippen MR) is 123 cm³/mol. The van der Waals surface area contributed by atoms with Gasteiger partial charge in [-0.15, -0.1) is 0 Å². The van der Waals surface area contributed by atoms with Crippen LogP contribution in [0.1, 0.15) is 36.5 Å². The number of carbonyl (C=O) groups is 3. The van der Waals surface area contributed by atoms with Crippen molar-refractivity contribution in [1.82, 2.24) is 9.80 Å². The largest absolute Gasteiger partial charge is 0.432 e. The maximum Gasteiger partial charge on any atom is 0.422 e. The van der Waals surface area contributed by atoms with E-state index in [2.05, 4.69) is 4.90 Å². The monoisotopic (exact) mass is 516 g/mol. The number of halogens is 2. The molecule has 11 heteroatoms. The first-order valence-electron chi connectivity index (χ1n) is 12.0. The molecule has 37 heavy (non-hydrogen) atoms. The summed E-state index contributed by atoms with van der Waals surface area (Å²) in [7, 11) is 1.37. The number of amides is 1. The number of esters is 2. The van der Waals surface area contributed by atoms with E-state index in [9.17, 15) is 23.2 Å². The quantitative estimate of drug-likeness (QED) is 0.315. The first-order chi connectivity index (χ1) is 17.7. The van der Waals surface area contributed by atoms with Gasteiger partial charge in [0.1, 0.15) is 17.7 Å². The van der Waals surface area contributed by atoms with E-state index in [-0.39, 0.29) is 11.6 Å². The number of hydrogen-bond acceptors (Lipinski definition) is 8. The van der Waals surface area contributed by atoms with Gasteiger partial charge in [-0.25, -0.2) is 28.1 Å². The molecule has 0 bridgehead atoms. The fourth-order valence-corrected chi connectivity index (χ4v) is 5.11. The highest BCUT2D eigenvalue weighted by atomic mass is 19.1. The van der Waals surface area contributed by atoms with Crippen molar-refractivity contribution in [2.45, 2.75) is 36.9 Å². The molecule has 3 aliphatic rings. The Balaban J connectivity index is 1.18. The van der Waals surface area contributed by atoms with Crippen molar-refractivity contribution >= 4 is 18.0 Å². The second-order valence-electron chi connectivity index (χ2n) is 9.33. The summed E-state index contributed by atoms with van der Waals surface area (Å²) in [5, 5.41) is 0. The van der Waals surface area contributed by atoms with E-state index in [1.165, 1.54) is 31.3 Å².